The van der Waals surface area contributed by atoms with Crippen LogP contribution in [0.5, 0.6) is 0 Å². The quantitative estimate of drug-likeness (QED) is 0.0552. The summed E-state index contributed by atoms with van der Waals surface area (Å²) in [5, 5.41) is 8.89. The Morgan fingerprint density at radius 1 is 0.561 bits per heavy atom. The Kier molecular flexibility index (Phi) is 30.3. The lowest BCUT2D eigenvalue weighted by Gasteiger charge is -2.14. The predicted molar refractivity (Wildman–Crippen MR) is 176 cm³/mol. The van der Waals surface area contributed by atoms with Crippen LogP contribution >= 0.6 is 0 Å². The third-order valence-corrected chi connectivity index (χ3v) is 6.99. The fourth-order valence-electron chi connectivity index (χ4n) is 4.54. The molecule has 0 aromatic rings. The van der Waals surface area contributed by atoms with Gasteiger partial charge in [-0.05, 0) is 63.9 Å². The summed E-state index contributed by atoms with van der Waals surface area (Å²) < 4.78 is 5.75. The first-order valence-corrected chi connectivity index (χ1v) is 16.8. The lowest BCUT2D eigenvalue weighted by molar-refractivity contribution is -0.147. The van der Waals surface area contributed by atoms with Crippen molar-refractivity contribution in [3.05, 3.63) is 60.8 Å². The predicted octanol–water partition coefficient (Wildman–Crippen LogP) is 11.4. The van der Waals surface area contributed by atoms with E-state index in [1.807, 2.05) is 12.2 Å². The molecule has 0 spiro atoms. The Morgan fingerprint density at radius 3 is 1.49 bits per heavy atom. The highest BCUT2D eigenvalue weighted by molar-refractivity contribution is 5.69. The van der Waals surface area contributed by atoms with E-state index in [9.17, 15) is 9.59 Å². The van der Waals surface area contributed by atoms with Gasteiger partial charge in [-0.15, -0.1) is 0 Å². The van der Waals surface area contributed by atoms with Crippen LogP contribution in [0.1, 0.15) is 155 Å². The SMILES string of the molecule is CC/C=C\C/C=C\C/C=C\C/C=C\C/C=C\C(CCCCC(=O)O)OC(=O)CCCCCCCCCCCCCC. The summed E-state index contributed by atoms with van der Waals surface area (Å²) >= 11 is 0. The molecule has 0 rings (SSSR count). The zero-order valence-corrected chi connectivity index (χ0v) is 26.6. The molecular weight excluding hydrogens is 508 g/mol. The Labute approximate surface area is 253 Å². The molecule has 4 heteroatoms. The summed E-state index contributed by atoms with van der Waals surface area (Å²) in [6.07, 6.45) is 43.8. The Hall–Kier alpha value is -2.36. The van der Waals surface area contributed by atoms with Gasteiger partial charge in [0.25, 0.3) is 0 Å². The van der Waals surface area contributed by atoms with Crippen LogP contribution in [0.2, 0.25) is 0 Å². The van der Waals surface area contributed by atoms with Crippen LogP contribution in [0.4, 0.5) is 0 Å². The highest BCUT2D eigenvalue weighted by Crippen LogP contribution is 2.14. The van der Waals surface area contributed by atoms with E-state index in [0.717, 1.165) is 51.4 Å². The van der Waals surface area contributed by atoms with Crippen LogP contribution < -0.4 is 0 Å². The van der Waals surface area contributed by atoms with E-state index >= 15 is 0 Å². The third kappa shape index (κ3) is 32.0. The Morgan fingerprint density at radius 2 is 1.00 bits per heavy atom. The van der Waals surface area contributed by atoms with E-state index in [2.05, 4.69) is 62.5 Å². The summed E-state index contributed by atoms with van der Waals surface area (Å²) in [6, 6.07) is 0. The Balaban J connectivity index is 4.18. The lowest BCUT2D eigenvalue weighted by Crippen LogP contribution is -2.16. The summed E-state index contributed by atoms with van der Waals surface area (Å²) in [5.41, 5.74) is 0. The van der Waals surface area contributed by atoms with Crippen molar-refractivity contribution in [2.24, 2.45) is 0 Å². The summed E-state index contributed by atoms with van der Waals surface area (Å²) in [4.78, 5) is 23.3. The minimum absolute atomic E-state index is 0.138. The van der Waals surface area contributed by atoms with Crippen molar-refractivity contribution >= 4 is 11.9 Å². The molecule has 0 saturated heterocycles. The molecule has 41 heavy (non-hydrogen) atoms. The van der Waals surface area contributed by atoms with E-state index in [4.69, 9.17) is 9.84 Å². The molecule has 0 aromatic carbocycles. The van der Waals surface area contributed by atoms with Gasteiger partial charge >= 0.3 is 11.9 Å². The van der Waals surface area contributed by atoms with Crippen molar-refractivity contribution in [2.45, 2.75) is 161 Å². The number of carbonyl (C=O) groups is 2. The Bertz CT molecular complexity index is 744. The van der Waals surface area contributed by atoms with Crippen LogP contribution in [0.15, 0.2) is 60.8 Å². The first-order chi connectivity index (χ1) is 20.1. The van der Waals surface area contributed by atoms with Crippen molar-refractivity contribution < 1.29 is 19.4 Å². The molecule has 234 valence electrons. The molecule has 0 fully saturated rings. The van der Waals surface area contributed by atoms with Gasteiger partial charge in [-0.2, -0.15) is 0 Å². The average Bonchev–Trinajstić information content (AvgIpc) is 2.95. The van der Waals surface area contributed by atoms with Crippen LogP contribution in [0, 0.1) is 0 Å². The van der Waals surface area contributed by atoms with E-state index < -0.39 is 5.97 Å². The van der Waals surface area contributed by atoms with Crippen molar-refractivity contribution in [1.29, 1.82) is 0 Å². The molecule has 0 aliphatic carbocycles. The van der Waals surface area contributed by atoms with Gasteiger partial charge in [-0.1, -0.05) is 139 Å². The van der Waals surface area contributed by atoms with Crippen LogP contribution in [0.25, 0.3) is 0 Å². The molecule has 0 saturated carbocycles. The van der Waals surface area contributed by atoms with Gasteiger partial charge < -0.3 is 9.84 Å². The first-order valence-electron chi connectivity index (χ1n) is 16.8. The summed E-state index contributed by atoms with van der Waals surface area (Å²) in [7, 11) is 0. The van der Waals surface area contributed by atoms with Gasteiger partial charge in [-0.3, -0.25) is 9.59 Å². The highest BCUT2D eigenvalue weighted by Gasteiger charge is 2.11. The van der Waals surface area contributed by atoms with E-state index in [0.29, 0.717) is 19.3 Å². The molecule has 0 radical (unpaired) electrons. The molecule has 1 N–H and O–H groups in total. The summed E-state index contributed by atoms with van der Waals surface area (Å²) in [6.45, 7) is 4.40. The normalized spacial score (nSPS) is 13.0. The average molecular weight is 571 g/mol. The number of rotatable bonds is 29. The maximum absolute atomic E-state index is 12.4. The monoisotopic (exact) mass is 570 g/mol. The topological polar surface area (TPSA) is 63.6 Å². The number of hydrogen-bond donors (Lipinski definition) is 1. The van der Waals surface area contributed by atoms with Crippen molar-refractivity contribution in [2.75, 3.05) is 0 Å². The van der Waals surface area contributed by atoms with Gasteiger partial charge in [0.2, 0.25) is 0 Å². The number of aliphatic carboxylic acids is 1. The van der Waals surface area contributed by atoms with Crippen molar-refractivity contribution in [1.82, 2.24) is 0 Å². The maximum atomic E-state index is 12.4. The molecule has 4 nitrogen and oxygen atoms in total. The lowest BCUT2D eigenvalue weighted by atomic mass is 10.0. The number of ether oxygens (including phenoxy) is 1. The number of carboxylic acids is 1. The fourth-order valence-corrected chi connectivity index (χ4v) is 4.54. The second-order valence-corrected chi connectivity index (χ2v) is 11.0. The molecule has 0 aliphatic rings. The molecular formula is C37H62O4. The molecule has 0 amide bonds. The zero-order chi connectivity index (χ0) is 30.1. The molecule has 0 heterocycles. The minimum Gasteiger partial charge on any atom is -0.481 e. The van der Waals surface area contributed by atoms with Crippen LogP contribution in [-0.4, -0.2) is 23.1 Å². The van der Waals surface area contributed by atoms with Crippen LogP contribution in [-0.2, 0) is 14.3 Å². The largest absolute Gasteiger partial charge is 0.481 e. The van der Waals surface area contributed by atoms with E-state index in [1.54, 1.807) is 0 Å². The summed E-state index contributed by atoms with van der Waals surface area (Å²) in [5.74, 6) is -0.915. The number of carboxylic acid groups (broad SMARTS) is 1. The standard InChI is InChI=1S/C37H62O4/c1-3-5-7-9-11-13-15-17-18-19-21-23-25-27-31-35(32-29-30-33-36(38)39)41-37(40)34-28-26-24-22-20-16-14-12-10-8-6-4-2/h5,7,11,13,17-18,21,23,27,31,35H,3-4,6,8-10,12,14-16,19-20,22,24-26,28-30,32-34H2,1-2H3,(H,38,39)/b7-5-,13-11-,18-17-,23-21-,31-27-. The second-order valence-electron chi connectivity index (χ2n) is 11.0. The molecule has 0 aliphatic heterocycles. The zero-order valence-electron chi connectivity index (χ0n) is 26.6. The number of carbonyl (C=O) groups excluding carboxylic acids is 1. The third-order valence-electron chi connectivity index (χ3n) is 6.99. The molecule has 1 unspecified atom stereocenters. The maximum Gasteiger partial charge on any atom is 0.306 e. The van der Waals surface area contributed by atoms with Gasteiger partial charge in [-0.25, -0.2) is 0 Å². The number of esters is 1. The highest BCUT2D eigenvalue weighted by atomic mass is 16.5. The first kappa shape index (κ1) is 38.6. The molecule has 0 bridgehead atoms. The number of allylic oxidation sites excluding steroid dienone is 9. The van der Waals surface area contributed by atoms with E-state index in [1.165, 1.54) is 64.2 Å². The number of unbranched alkanes of at least 4 members (excludes halogenated alkanes) is 12. The van der Waals surface area contributed by atoms with Crippen molar-refractivity contribution in [3.8, 4) is 0 Å². The second kappa shape index (κ2) is 32.2. The molecule has 1 atom stereocenters. The van der Waals surface area contributed by atoms with E-state index in [-0.39, 0.29) is 18.5 Å². The van der Waals surface area contributed by atoms with Gasteiger partial charge in [0.15, 0.2) is 0 Å². The number of hydrogen-bond acceptors (Lipinski definition) is 3. The van der Waals surface area contributed by atoms with Crippen LogP contribution in [0.3, 0.4) is 0 Å². The minimum atomic E-state index is -0.777. The molecule has 0 aromatic heterocycles. The van der Waals surface area contributed by atoms with Gasteiger partial charge in [0.1, 0.15) is 6.10 Å². The fraction of sp³-hybridized carbons (Fsp3) is 0.676. The smallest absolute Gasteiger partial charge is 0.306 e. The van der Waals surface area contributed by atoms with Gasteiger partial charge in [0, 0.05) is 12.8 Å². The van der Waals surface area contributed by atoms with Crippen molar-refractivity contribution in [3.63, 3.8) is 0 Å². The van der Waals surface area contributed by atoms with Gasteiger partial charge in [0.05, 0.1) is 0 Å².